The van der Waals surface area contributed by atoms with Crippen LogP contribution in [0.4, 0.5) is 0 Å². The predicted molar refractivity (Wildman–Crippen MR) is 82.3 cm³/mol. The second-order valence-corrected chi connectivity index (χ2v) is 7.41. The quantitative estimate of drug-likeness (QED) is 0.846. The summed E-state index contributed by atoms with van der Waals surface area (Å²) in [6, 6.07) is 1.55. The second kappa shape index (κ2) is 7.16. The Kier molecular flexibility index (Phi) is 5.84. The van der Waals surface area contributed by atoms with Gasteiger partial charge in [-0.05, 0) is 44.6 Å². The van der Waals surface area contributed by atoms with Gasteiger partial charge in [-0.25, -0.2) is 0 Å². The third-order valence-electron chi connectivity index (χ3n) is 4.69. The lowest BCUT2D eigenvalue weighted by Crippen LogP contribution is -2.49. The van der Waals surface area contributed by atoms with Crippen LogP contribution in [0.2, 0.25) is 0 Å². The Hall–Kier alpha value is 0.270. The fourth-order valence-electron chi connectivity index (χ4n) is 3.57. The predicted octanol–water partition coefficient (Wildman–Crippen LogP) is 2.84. The zero-order valence-electron chi connectivity index (χ0n) is 12.3. The Bertz CT molecular complexity index is 247. The van der Waals surface area contributed by atoms with Crippen LogP contribution in [-0.4, -0.2) is 48.1 Å². The lowest BCUT2D eigenvalue weighted by Gasteiger charge is -2.41. The van der Waals surface area contributed by atoms with Crippen LogP contribution >= 0.6 is 11.8 Å². The van der Waals surface area contributed by atoms with Gasteiger partial charge in [0.15, 0.2) is 0 Å². The van der Waals surface area contributed by atoms with E-state index in [-0.39, 0.29) is 0 Å². The maximum Gasteiger partial charge on any atom is 0.0158 e. The van der Waals surface area contributed by atoms with Crippen molar-refractivity contribution in [1.82, 2.24) is 10.2 Å². The molecule has 0 spiro atoms. The maximum atomic E-state index is 3.73. The molecule has 0 aromatic rings. The molecule has 1 aliphatic carbocycles. The molecule has 2 nitrogen and oxygen atoms in total. The molecule has 0 bridgehead atoms. The third-order valence-corrected chi connectivity index (χ3v) is 5.87. The largest absolute Gasteiger partial charge is 0.314 e. The maximum absolute atomic E-state index is 3.73. The van der Waals surface area contributed by atoms with E-state index in [0.29, 0.717) is 0 Å². The van der Waals surface area contributed by atoms with Gasteiger partial charge < -0.3 is 5.32 Å². The summed E-state index contributed by atoms with van der Waals surface area (Å²) in [5.41, 5.74) is 0. The standard InChI is InChI=1S/C15H30N2S/c1-4-16-15-6-5-12(2)9-14(15)10-17-7-8-18-11-13(17)3/h12-16H,4-11H2,1-3H3. The Labute approximate surface area is 117 Å². The average molecular weight is 270 g/mol. The van der Waals surface area contributed by atoms with Gasteiger partial charge in [0, 0.05) is 36.7 Å². The lowest BCUT2D eigenvalue weighted by atomic mass is 9.78. The van der Waals surface area contributed by atoms with Gasteiger partial charge in [0.25, 0.3) is 0 Å². The Morgan fingerprint density at radius 1 is 1.28 bits per heavy atom. The number of hydrogen-bond donors (Lipinski definition) is 1. The van der Waals surface area contributed by atoms with E-state index >= 15 is 0 Å². The summed E-state index contributed by atoms with van der Waals surface area (Å²) in [6.07, 6.45) is 4.23. The van der Waals surface area contributed by atoms with Gasteiger partial charge in [0.1, 0.15) is 0 Å². The van der Waals surface area contributed by atoms with Crippen molar-refractivity contribution in [2.45, 2.75) is 52.1 Å². The number of nitrogens with one attached hydrogen (secondary N) is 1. The molecule has 1 heterocycles. The minimum atomic E-state index is 0.771. The van der Waals surface area contributed by atoms with Crippen LogP contribution in [-0.2, 0) is 0 Å². The van der Waals surface area contributed by atoms with Crippen molar-refractivity contribution >= 4 is 11.8 Å². The van der Waals surface area contributed by atoms with Gasteiger partial charge in [-0.15, -0.1) is 0 Å². The highest BCUT2D eigenvalue weighted by Crippen LogP contribution is 2.31. The molecule has 3 heteroatoms. The smallest absolute Gasteiger partial charge is 0.0158 e. The molecule has 18 heavy (non-hydrogen) atoms. The van der Waals surface area contributed by atoms with E-state index < -0.39 is 0 Å². The lowest BCUT2D eigenvalue weighted by molar-refractivity contribution is 0.129. The summed E-state index contributed by atoms with van der Waals surface area (Å²) >= 11 is 2.12. The van der Waals surface area contributed by atoms with Crippen molar-refractivity contribution in [2.75, 3.05) is 31.1 Å². The molecule has 4 unspecified atom stereocenters. The summed E-state index contributed by atoms with van der Waals surface area (Å²) < 4.78 is 0. The van der Waals surface area contributed by atoms with Crippen LogP contribution in [0.15, 0.2) is 0 Å². The first-order valence-corrected chi connectivity index (χ1v) is 8.91. The van der Waals surface area contributed by atoms with Crippen LogP contribution in [0.25, 0.3) is 0 Å². The van der Waals surface area contributed by atoms with Crippen molar-refractivity contribution in [3.05, 3.63) is 0 Å². The molecule has 106 valence electrons. The molecule has 0 amide bonds. The van der Waals surface area contributed by atoms with Gasteiger partial charge in [0.2, 0.25) is 0 Å². The zero-order chi connectivity index (χ0) is 13.0. The van der Waals surface area contributed by atoms with Gasteiger partial charge in [-0.3, -0.25) is 4.90 Å². The molecule has 0 radical (unpaired) electrons. The van der Waals surface area contributed by atoms with E-state index in [1.54, 1.807) is 0 Å². The van der Waals surface area contributed by atoms with Crippen LogP contribution in [0.1, 0.15) is 40.0 Å². The fraction of sp³-hybridized carbons (Fsp3) is 1.00. The molecule has 1 saturated carbocycles. The SMILES string of the molecule is CCNC1CCC(C)CC1CN1CCSCC1C. The number of rotatable bonds is 4. The zero-order valence-corrected chi connectivity index (χ0v) is 13.1. The van der Waals surface area contributed by atoms with E-state index in [9.17, 15) is 0 Å². The second-order valence-electron chi connectivity index (χ2n) is 6.26. The molecule has 1 N–H and O–H groups in total. The van der Waals surface area contributed by atoms with Crippen molar-refractivity contribution in [1.29, 1.82) is 0 Å². The average Bonchev–Trinajstić information content (AvgIpc) is 2.36. The van der Waals surface area contributed by atoms with Gasteiger partial charge in [0.05, 0.1) is 0 Å². The highest BCUT2D eigenvalue weighted by atomic mass is 32.2. The van der Waals surface area contributed by atoms with Crippen LogP contribution < -0.4 is 5.32 Å². The third kappa shape index (κ3) is 3.88. The summed E-state index contributed by atoms with van der Waals surface area (Å²) in [7, 11) is 0. The summed E-state index contributed by atoms with van der Waals surface area (Å²) in [5, 5.41) is 3.73. The van der Waals surface area contributed by atoms with Crippen molar-refractivity contribution in [3.63, 3.8) is 0 Å². The number of thioether (sulfide) groups is 1. The van der Waals surface area contributed by atoms with Crippen molar-refractivity contribution in [3.8, 4) is 0 Å². The first kappa shape index (κ1) is 14.7. The summed E-state index contributed by atoms with van der Waals surface area (Å²) in [6.45, 7) is 10.8. The van der Waals surface area contributed by atoms with Crippen molar-refractivity contribution in [2.24, 2.45) is 11.8 Å². The van der Waals surface area contributed by atoms with Crippen LogP contribution in [0, 0.1) is 11.8 Å². The summed E-state index contributed by atoms with van der Waals surface area (Å²) in [4.78, 5) is 2.74. The van der Waals surface area contributed by atoms with E-state index in [1.807, 2.05) is 0 Å². The number of nitrogens with zero attached hydrogens (tertiary/aromatic N) is 1. The first-order valence-electron chi connectivity index (χ1n) is 7.75. The van der Waals surface area contributed by atoms with E-state index in [4.69, 9.17) is 0 Å². The van der Waals surface area contributed by atoms with Crippen LogP contribution in [0.3, 0.4) is 0 Å². The molecule has 1 saturated heterocycles. The molecular weight excluding hydrogens is 240 g/mol. The molecule has 1 aliphatic heterocycles. The Morgan fingerprint density at radius 3 is 2.83 bits per heavy atom. The first-order chi connectivity index (χ1) is 8.70. The molecule has 2 aliphatic rings. The molecule has 4 atom stereocenters. The molecule has 0 aromatic carbocycles. The van der Waals surface area contributed by atoms with E-state index in [2.05, 4.69) is 42.7 Å². The normalized spacial score (nSPS) is 38.8. The van der Waals surface area contributed by atoms with Gasteiger partial charge in [-0.2, -0.15) is 11.8 Å². The minimum absolute atomic E-state index is 0.771. The highest BCUT2D eigenvalue weighted by Gasteiger charge is 2.31. The van der Waals surface area contributed by atoms with Crippen molar-refractivity contribution < 1.29 is 0 Å². The number of hydrogen-bond acceptors (Lipinski definition) is 3. The van der Waals surface area contributed by atoms with E-state index in [1.165, 1.54) is 43.9 Å². The van der Waals surface area contributed by atoms with E-state index in [0.717, 1.165) is 30.5 Å². The Morgan fingerprint density at radius 2 is 2.11 bits per heavy atom. The molecule has 0 aromatic heterocycles. The molecule has 2 rings (SSSR count). The Balaban J connectivity index is 1.90. The monoisotopic (exact) mass is 270 g/mol. The van der Waals surface area contributed by atoms with Gasteiger partial charge >= 0.3 is 0 Å². The highest BCUT2D eigenvalue weighted by molar-refractivity contribution is 7.99. The minimum Gasteiger partial charge on any atom is -0.314 e. The fourth-order valence-corrected chi connectivity index (χ4v) is 4.65. The molecular formula is C15H30N2S. The van der Waals surface area contributed by atoms with Crippen LogP contribution in [0.5, 0.6) is 0 Å². The summed E-state index contributed by atoms with van der Waals surface area (Å²) in [5.74, 6) is 4.46. The molecule has 2 fully saturated rings. The topological polar surface area (TPSA) is 15.3 Å². The van der Waals surface area contributed by atoms with Gasteiger partial charge in [-0.1, -0.05) is 13.8 Å².